The van der Waals surface area contributed by atoms with Crippen LogP contribution >= 0.6 is 0 Å². The summed E-state index contributed by atoms with van der Waals surface area (Å²) >= 11 is 0. The van der Waals surface area contributed by atoms with Crippen molar-refractivity contribution in [1.82, 2.24) is 0 Å². The van der Waals surface area contributed by atoms with Crippen molar-refractivity contribution in [2.24, 2.45) is 5.41 Å². The molecule has 3 rings (SSSR count). The van der Waals surface area contributed by atoms with E-state index in [4.69, 9.17) is 0 Å². The van der Waals surface area contributed by atoms with Gasteiger partial charge >= 0.3 is 6.61 Å². The number of halogens is 4. The van der Waals surface area contributed by atoms with Gasteiger partial charge in [-0.15, -0.1) is 0 Å². The van der Waals surface area contributed by atoms with Gasteiger partial charge in [-0.3, -0.25) is 0 Å². The van der Waals surface area contributed by atoms with Crippen LogP contribution in [0.4, 0.5) is 23.2 Å². The van der Waals surface area contributed by atoms with Crippen molar-refractivity contribution >= 4 is 5.69 Å². The first kappa shape index (κ1) is 14.5. The standard InChI is InChI=1S/C15H17F4NO/c16-10-3-4-11(13(12(10)17)21-14(18)19)20-8-7-15(9-20)5-1-2-6-15/h3-4,14H,1-2,5-9H2. The fourth-order valence-electron chi connectivity index (χ4n) is 3.65. The number of hydrogen-bond donors (Lipinski definition) is 0. The summed E-state index contributed by atoms with van der Waals surface area (Å²) < 4.78 is 56.2. The van der Waals surface area contributed by atoms with Gasteiger partial charge in [-0.1, -0.05) is 12.8 Å². The molecule has 1 aliphatic carbocycles. The highest BCUT2D eigenvalue weighted by atomic mass is 19.3. The smallest absolute Gasteiger partial charge is 0.387 e. The number of anilines is 1. The van der Waals surface area contributed by atoms with Gasteiger partial charge in [0.15, 0.2) is 11.6 Å². The molecule has 116 valence electrons. The van der Waals surface area contributed by atoms with E-state index in [1.165, 1.54) is 18.9 Å². The first-order valence-corrected chi connectivity index (χ1v) is 7.19. The zero-order valence-electron chi connectivity index (χ0n) is 11.5. The van der Waals surface area contributed by atoms with Gasteiger partial charge < -0.3 is 9.64 Å². The zero-order valence-corrected chi connectivity index (χ0v) is 11.5. The first-order valence-electron chi connectivity index (χ1n) is 7.19. The average molecular weight is 303 g/mol. The van der Waals surface area contributed by atoms with Crippen LogP contribution < -0.4 is 9.64 Å². The molecule has 0 radical (unpaired) electrons. The van der Waals surface area contributed by atoms with E-state index in [2.05, 4.69) is 4.74 Å². The maximum Gasteiger partial charge on any atom is 0.387 e. The Labute approximate surface area is 120 Å². The zero-order chi connectivity index (χ0) is 15.0. The number of ether oxygens (including phenoxy) is 1. The fraction of sp³-hybridized carbons (Fsp3) is 0.600. The maximum absolute atomic E-state index is 13.8. The van der Waals surface area contributed by atoms with Gasteiger partial charge in [-0.05, 0) is 36.8 Å². The minimum atomic E-state index is -3.18. The normalized spacial score (nSPS) is 20.7. The molecule has 0 unspecified atom stereocenters. The lowest BCUT2D eigenvalue weighted by Crippen LogP contribution is -2.25. The Bertz CT molecular complexity index is 529. The van der Waals surface area contributed by atoms with Gasteiger partial charge in [-0.2, -0.15) is 13.2 Å². The molecule has 0 atom stereocenters. The van der Waals surface area contributed by atoms with Crippen LogP contribution in [0, 0.1) is 17.0 Å². The summed E-state index contributed by atoms with van der Waals surface area (Å²) in [5.74, 6) is -3.20. The average Bonchev–Trinajstić information content (AvgIpc) is 3.06. The Morgan fingerprint density at radius 3 is 2.48 bits per heavy atom. The highest BCUT2D eigenvalue weighted by Crippen LogP contribution is 2.48. The second-order valence-electron chi connectivity index (χ2n) is 5.97. The third-order valence-electron chi connectivity index (χ3n) is 4.68. The van der Waals surface area contributed by atoms with Gasteiger partial charge in [0.1, 0.15) is 0 Å². The largest absolute Gasteiger partial charge is 0.429 e. The lowest BCUT2D eigenvalue weighted by atomic mass is 9.86. The van der Waals surface area contributed by atoms with Crippen molar-refractivity contribution in [2.45, 2.75) is 38.7 Å². The lowest BCUT2D eigenvalue weighted by Gasteiger charge is -2.26. The highest BCUT2D eigenvalue weighted by Gasteiger charge is 2.41. The Balaban J connectivity index is 1.90. The molecule has 6 heteroatoms. The van der Waals surface area contributed by atoms with Crippen molar-refractivity contribution in [3.8, 4) is 5.75 Å². The third kappa shape index (κ3) is 2.68. The van der Waals surface area contributed by atoms with Gasteiger partial charge in [0.2, 0.25) is 5.82 Å². The Morgan fingerprint density at radius 2 is 1.81 bits per heavy atom. The van der Waals surface area contributed by atoms with E-state index in [9.17, 15) is 17.6 Å². The molecule has 1 saturated carbocycles. The summed E-state index contributed by atoms with van der Waals surface area (Å²) in [6.07, 6.45) is 5.52. The fourth-order valence-corrected chi connectivity index (χ4v) is 3.65. The van der Waals surface area contributed by atoms with Crippen molar-refractivity contribution in [3.63, 3.8) is 0 Å². The number of nitrogens with zero attached hydrogens (tertiary/aromatic N) is 1. The van der Waals surface area contributed by atoms with E-state index in [-0.39, 0.29) is 11.1 Å². The molecule has 0 aromatic heterocycles. The SMILES string of the molecule is Fc1ccc(N2CCC3(CCCC3)C2)c(OC(F)F)c1F. The van der Waals surface area contributed by atoms with E-state index in [0.29, 0.717) is 13.1 Å². The number of benzene rings is 1. The third-order valence-corrected chi connectivity index (χ3v) is 4.68. The summed E-state index contributed by atoms with van der Waals surface area (Å²) in [6, 6.07) is 2.28. The monoisotopic (exact) mass is 303 g/mol. The van der Waals surface area contributed by atoms with Crippen LogP contribution in [0.2, 0.25) is 0 Å². The summed E-state index contributed by atoms with van der Waals surface area (Å²) in [6.45, 7) is -1.83. The number of hydrogen-bond acceptors (Lipinski definition) is 2. The summed E-state index contributed by atoms with van der Waals surface area (Å²) in [7, 11) is 0. The highest BCUT2D eigenvalue weighted by molar-refractivity contribution is 5.60. The van der Waals surface area contributed by atoms with Crippen LogP contribution in [0.15, 0.2) is 12.1 Å². The lowest BCUT2D eigenvalue weighted by molar-refractivity contribution is -0.0521. The molecular formula is C15H17F4NO. The van der Waals surface area contributed by atoms with Crippen LogP contribution in [0.25, 0.3) is 0 Å². The van der Waals surface area contributed by atoms with E-state index in [1.54, 1.807) is 0 Å². The van der Waals surface area contributed by atoms with Crippen LogP contribution in [0.1, 0.15) is 32.1 Å². The minimum Gasteiger partial charge on any atom is -0.429 e. The predicted octanol–water partition coefficient (Wildman–Crippen LogP) is 4.34. The van der Waals surface area contributed by atoms with E-state index in [0.717, 1.165) is 25.3 Å². The number of alkyl halides is 2. The minimum absolute atomic E-state index is 0.201. The topological polar surface area (TPSA) is 12.5 Å². The Kier molecular flexibility index (Phi) is 3.71. The molecule has 0 N–H and O–H groups in total. The van der Waals surface area contributed by atoms with Crippen molar-refractivity contribution in [3.05, 3.63) is 23.8 Å². The predicted molar refractivity (Wildman–Crippen MR) is 70.7 cm³/mol. The second kappa shape index (κ2) is 5.39. The van der Waals surface area contributed by atoms with Crippen molar-refractivity contribution < 1.29 is 22.3 Å². The van der Waals surface area contributed by atoms with Crippen LogP contribution in [-0.2, 0) is 0 Å². The van der Waals surface area contributed by atoms with Gasteiger partial charge in [-0.25, -0.2) is 4.39 Å². The molecule has 0 bridgehead atoms. The molecule has 1 heterocycles. The molecule has 1 spiro atoms. The Hall–Kier alpha value is -1.46. The summed E-state index contributed by atoms with van der Waals surface area (Å²) in [4.78, 5) is 1.84. The molecule has 2 fully saturated rings. The molecule has 1 aromatic carbocycles. The molecule has 21 heavy (non-hydrogen) atoms. The second-order valence-corrected chi connectivity index (χ2v) is 5.97. The molecule has 1 saturated heterocycles. The van der Waals surface area contributed by atoms with Gasteiger partial charge in [0, 0.05) is 13.1 Å². The van der Waals surface area contributed by atoms with Crippen LogP contribution in [0.5, 0.6) is 5.75 Å². The molecular weight excluding hydrogens is 286 g/mol. The maximum atomic E-state index is 13.8. The molecule has 1 aromatic rings. The van der Waals surface area contributed by atoms with E-state index < -0.39 is 24.0 Å². The van der Waals surface area contributed by atoms with E-state index in [1.807, 2.05) is 4.90 Å². The molecule has 0 amide bonds. The summed E-state index contributed by atoms with van der Waals surface area (Å²) in [5, 5.41) is 0. The number of rotatable bonds is 3. The van der Waals surface area contributed by atoms with Crippen LogP contribution in [0.3, 0.4) is 0 Å². The van der Waals surface area contributed by atoms with Crippen LogP contribution in [-0.4, -0.2) is 19.7 Å². The van der Waals surface area contributed by atoms with Crippen molar-refractivity contribution in [1.29, 1.82) is 0 Å². The first-order chi connectivity index (χ1) is 10.0. The quantitative estimate of drug-likeness (QED) is 0.770. The Morgan fingerprint density at radius 1 is 1.10 bits per heavy atom. The summed E-state index contributed by atoms with van der Waals surface area (Å²) in [5.41, 5.74) is 0.422. The van der Waals surface area contributed by atoms with E-state index >= 15 is 0 Å². The molecule has 2 nitrogen and oxygen atoms in total. The van der Waals surface area contributed by atoms with Gasteiger partial charge in [0.25, 0.3) is 0 Å². The van der Waals surface area contributed by atoms with Gasteiger partial charge in [0.05, 0.1) is 5.69 Å². The molecule has 1 aliphatic heterocycles. The van der Waals surface area contributed by atoms with Crippen molar-refractivity contribution in [2.75, 3.05) is 18.0 Å². The molecule has 2 aliphatic rings.